The average Bonchev–Trinajstić information content (AvgIpc) is 2.86. The zero-order valence-electron chi connectivity index (χ0n) is 21.3. The Kier molecular flexibility index (Phi) is 13.8. The van der Waals surface area contributed by atoms with Crippen LogP contribution in [0.4, 0.5) is 0 Å². The van der Waals surface area contributed by atoms with Crippen molar-refractivity contribution in [2.24, 2.45) is 5.92 Å². The highest BCUT2D eigenvalue weighted by Gasteiger charge is 2.20. The lowest BCUT2D eigenvalue weighted by Gasteiger charge is -2.27. The largest absolute Gasteiger partial charge is 0.583 e. The molecule has 1 aliphatic rings. The summed E-state index contributed by atoms with van der Waals surface area (Å²) in [7, 11) is 0. The number of rotatable bonds is 16. The van der Waals surface area contributed by atoms with Gasteiger partial charge in [0, 0.05) is 12.7 Å². The van der Waals surface area contributed by atoms with E-state index in [1.807, 2.05) is 0 Å². The van der Waals surface area contributed by atoms with Crippen molar-refractivity contribution in [2.45, 2.75) is 103 Å². The average molecular weight is 473 g/mol. The summed E-state index contributed by atoms with van der Waals surface area (Å²) in [4.78, 5) is 24.4. The molecule has 0 heterocycles. The maximum Gasteiger partial charge on any atom is 0.338 e. The third-order valence-corrected chi connectivity index (χ3v) is 6.65. The van der Waals surface area contributed by atoms with Gasteiger partial charge in [-0.15, -0.1) is 6.42 Å². The summed E-state index contributed by atoms with van der Waals surface area (Å²) in [5.41, 5.74) is 0.832. The summed E-state index contributed by atoms with van der Waals surface area (Å²) in [5, 5.41) is 0. The summed E-state index contributed by atoms with van der Waals surface area (Å²) < 4.78 is 16.7. The van der Waals surface area contributed by atoms with Gasteiger partial charge in [0.25, 0.3) is 0 Å². The van der Waals surface area contributed by atoms with Crippen molar-refractivity contribution in [3.8, 4) is 0 Å². The Morgan fingerprint density at radius 2 is 1.47 bits per heavy atom. The second kappa shape index (κ2) is 16.6. The fraction of sp³-hybridized carbons (Fsp3) is 0.655. The van der Waals surface area contributed by atoms with Crippen molar-refractivity contribution in [3.63, 3.8) is 0 Å². The molecule has 5 nitrogen and oxygen atoms in total. The minimum atomic E-state index is -0.445. The molecular formula is C29H44O5. The van der Waals surface area contributed by atoms with Gasteiger partial charge in [0.1, 0.15) is 0 Å². The number of benzene rings is 1. The van der Waals surface area contributed by atoms with Crippen LogP contribution in [-0.4, -0.2) is 31.3 Å². The summed E-state index contributed by atoms with van der Waals surface area (Å²) in [6.45, 7) is 9.45. The SMILES string of the molecule is [CH2+][C-](CCCCC)OC(=O)c1ccc(C(=O)OCCCCCCOC2CCC(CC)CC2)cc1. The molecule has 34 heavy (non-hydrogen) atoms. The first-order chi connectivity index (χ1) is 16.5. The Labute approximate surface area is 206 Å². The second-order valence-corrected chi connectivity index (χ2v) is 9.43. The van der Waals surface area contributed by atoms with Crippen LogP contribution in [0, 0.1) is 18.9 Å². The predicted molar refractivity (Wildman–Crippen MR) is 135 cm³/mol. The zero-order chi connectivity index (χ0) is 24.6. The number of esters is 2. The quantitative estimate of drug-likeness (QED) is 0.142. The van der Waals surface area contributed by atoms with E-state index in [2.05, 4.69) is 20.8 Å². The topological polar surface area (TPSA) is 61.8 Å². The molecule has 1 saturated carbocycles. The van der Waals surface area contributed by atoms with Crippen LogP contribution in [0.1, 0.15) is 118 Å². The maximum absolute atomic E-state index is 12.2. The lowest BCUT2D eigenvalue weighted by Crippen LogP contribution is -2.21. The van der Waals surface area contributed by atoms with Gasteiger partial charge in [0.15, 0.2) is 0 Å². The number of carbonyl (C=O) groups is 2. The van der Waals surface area contributed by atoms with E-state index < -0.39 is 5.97 Å². The van der Waals surface area contributed by atoms with E-state index in [4.69, 9.17) is 14.2 Å². The lowest BCUT2D eigenvalue weighted by atomic mass is 9.86. The fourth-order valence-electron chi connectivity index (χ4n) is 4.32. The van der Waals surface area contributed by atoms with Crippen molar-refractivity contribution in [2.75, 3.05) is 13.2 Å². The van der Waals surface area contributed by atoms with Crippen LogP contribution in [0.3, 0.4) is 0 Å². The van der Waals surface area contributed by atoms with Gasteiger partial charge in [-0.05, 0) is 82.1 Å². The molecule has 0 aliphatic heterocycles. The van der Waals surface area contributed by atoms with Crippen LogP contribution >= 0.6 is 0 Å². The molecule has 0 N–H and O–H groups in total. The Morgan fingerprint density at radius 3 is 2.09 bits per heavy atom. The predicted octanol–water partition coefficient (Wildman–Crippen LogP) is 7.49. The maximum atomic E-state index is 12.2. The third kappa shape index (κ3) is 10.9. The molecule has 1 aromatic carbocycles. The van der Waals surface area contributed by atoms with Crippen LogP contribution in [0.15, 0.2) is 24.3 Å². The van der Waals surface area contributed by atoms with Crippen LogP contribution < -0.4 is 0 Å². The number of ether oxygens (including phenoxy) is 3. The normalized spacial score (nSPS) is 18.1. The summed E-state index contributed by atoms with van der Waals surface area (Å²) in [5.74, 6) is 0.0940. The van der Waals surface area contributed by atoms with E-state index in [-0.39, 0.29) is 5.97 Å². The highest BCUT2D eigenvalue weighted by atomic mass is 16.5. The molecule has 0 aromatic heterocycles. The smallest absolute Gasteiger partial charge is 0.338 e. The molecule has 0 radical (unpaired) electrons. The van der Waals surface area contributed by atoms with Gasteiger partial charge in [-0.1, -0.05) is 46.0 Å². The first-order valence-corrected chi connectivity index (χ1v) is 13.3. The van der Waals surface area contributed by atoms with E-state index >= 15 is 0 Å². The standard InChI is InChI=1S/C29H44O5/c1-4-6-9-12-23(3)34-29(31)26-17-15-25(16-18-26)28(30)33-22-11-8-7-10-21-32-27-19-13-24(5-2)14-20-27/h15-18,24,27H,3-14,19-22H2,1-2H3. The van der Waals surface area contributed by atoms with E-state index in [1.165, 1.54) is 32.1 Å². The number of hydrogen-bond donors (Lipinski definition) is 0. The van der Waals surface area contributed by atoms with Crippen LogP contribution in [0.2, 0.25) is 0 Å². The third-order valence-electron chi connectivity index (χ3n) is 6.65. The molecule has 190 valence electrons. The fourth-order valence-corrected chi connectivity index (χ4v) is 4.32. The van der Waals surface area contributed by atoms with Gasteiger partial charge in [0.05, 0.1) is 23.8 Å². The molecule has 5 heteroatoms. The molecule has 0 unspecified atom stereocenters. The molecule has 1 aromatic rings. The summed E-state index contributed by atoms with van der Waals surface area (Å²) in [6.07, 6.45) is 15.1. The van der Waals surface area contributed by atoms with Gasteiger partial charge in [0.2, 0.25) is 0 Å². The van der Waals surface area contributed by atoms with E-state index in [9.17, 15) is 9.59 Å². The van der Waals surface area contributed by atoms with Crippen LogP contribution in [0.5, 0.6) is 0 Å². The number of hydrogen-bond acceptors (Lipinski definition) is 5. The van der Waals surface area contributed by atoms with E-state index in [0.717, 1.165) is 57.5 Å². The Bertz CT molecular complexity index is 691. The molecule has 1 aliphatic carbocycles. The Morgan fingerprint density at radius 1 is 0.853 bits per heavy atom. The van der Waals surface area contributed by atoms with Gasteiger partial charge >= 0.3 is 11.9 Å². The molecule has 0 atom stereocenters. The first-order valence-electron chi connectivity index (χ1n) is 13.3. The molecule has 0 spiro atoms. The summed E-state index contributed by atoms with van der Waals surface area (Å²) in [6, 6.07) is 6.38. The van der Waals surface area contributed by atoms with Crippen LogP contribution in [0.25, 0.3) is 0 Å². The van der Waals surface area contributed by atoms with Crippen molar-refractivity contribution in [3.05, 3.63) is 48.4 Å². The van der Waals surface area contributed by atoms with Crippen molar-refractivity contribution < 1.29 is 23.8 Å². The van der Waals surface area contributed by atoms with Crippen LogP contribution in [-0.2, 0) is 14.2 Å². The molecule has 1 fully saturated rings. The minimum Gasteiger partial charge on any atom is -0.583 e. The van der Waals surface area contributed by atoms with Crippen molar-refractivity contribution in [1.82, 2.24) is 0 Å². The lowest BCUT2D eigenvalue weighted by molar-refractivity contribution is 0.0155. The van der Waals surface area contributed by atoms with Gasteiger partial charge in [-0.3, -0.25) is 0 Å². The van der Waals surface area contributed by atoms with Crippen molar-refractivity contribution >= 4 is 11.9 Å². The van der Waals surface area contributed by atoms with E-state index in [0.29, 0.717) is 36.4 Å². The molecule has 0 bridgehead atoms. The molecule has 2 rings (SSSR count). The van der Waals surface area contributed by atoms with Gasteiger partial charge in [-0.25, -0.2) is 9.59 Å². The molecular weight excluding hydrogens is 428 g/mol. The van der Waals surface area contributed by atoms with Gasteiger partial charge in [-0.2, -0.15) is 0 Å². The molecule has 0 amide bonds. The second-order valence-electron chi connectivity index (χ2n) is 9.43. The van der Waals surface area contributed by atoms with Gasteiger partial charge < -0.3 is 14.2 Å². The number of unbranched alkanes of at least 4 members (excludes halogenated alkanes) is 5. The Hall–Kier alpha value is -2.01. The highest BCUT2D eigenvalue weighted by Crippen LogP contribution is 2.28. The monoisotopic (exact) mass is 472 g/mol. The minimum absolute atomic E-state index is 0.366. The van der Waals surface area contributed by atoms with Crippen molar-refractivity contribution in [1.29, 1.82) is 0 Å². The van der Waals surface area contributed by atoms with E-state index in [1.54, 1.807) is 24.3 Å². The Balaban J connectivity index is 1.53. The molecule has 0 saturated heterocycles. The highest BCUT2D eigenvalue weighted by molar-refractivity contribution is 5.93. The number of carbonyl (C=O) groups excluding carboxylic acids is 2. The first kappa shape index (κ1) is 28.2. The summed E-state index contributed by atoms with van der Waals surface area (Å²) >= 11 is 0. The zero-order valence-corrected chi connectivity index (χ0v) is 21.3.